The summed E-state index contributed by atoms with van der Waals surface area (Å²) in [7, 11) is 1.96. The average Bonchev–Trinajstić information content (AvgIpc) is 2.40. The van der Waals surface area contributed by atoms with Crippen LogP contribution in [0.4, 0.5) is 5.69 Å². The first-order valence-corrected chi connectivity index (χ1v) is 6.87. The predicted octanol–water partition coefficient (Wildman–Crippen LogP) is 2.01. The maximum atomic E-state index is 11.9. The van der Waals surface area contributed by atoms with Gasteiger partial charge < -0.3 is 11.1 Å². The minimum Gasteiger partial charge on any atom is -0.399 e. The first kappa shape index (κ1) is 15.5. The maximum absolute atomic E-state index is 11.9. The van der Waals surface area contributed by atoms with Gasteiger partial charge in [0.25, 0.3) is 0 Å². The van der Waals surface area contributed by atoms with Crippen LogP contribution in [0.15, 0.2) is 24.3 Å². The fourth-order valence-corrected chi connectivity index (χ4v) is 1.78. The van der Waals surface area contributed by atoms with Crippen molar-refractivity contribution in [3.8, 4) is 0 Å². The fraction of sp³-hybridized carbons (Fsp3) is 0.533. The van der Waals surface area contributed by atoms with Crippen LogP contribution in [0, 0.1) is 0 Å². The van der Waals surface area contributed by atoms with Gasteiger partial charge in [0.1, 0.15) is 0 Å². The van der Waals surface area contributed by atoms with Crippen LogP contribution in [-0.2, 0) is 11.3 Å². The zero-order chi connectivity index (χ0) is 14.3. The third-order valence-corrected chi connectivity index (χ3v) is 3.28. The highest BCUT2D eigenvalue weighted by Gasteiger charge is 2.17. The van der Waals surface area contributed by atoms with E-state index in [4.69, 9.17) is 5.73 Å². The lowest BCUT2D eigenvalue weighted by Gasteiger charge is -2.24. The molecule has 1 rings (SSSR count). The van der Waals surface area contributed by atoms with Gasteiger partial charge in [-0.15, -0.1) is 0 Å². The van der Waals surface area contributed by atoms with E-state index in [0.717, 1.165) is 37.2 Å². The molecule has 106 valence electrons. The summed E-state index contributed by atoms with van der Waals surface area (Å²) in [4.78, 5) is 14.0. The summed E-state index contributed by atoms with van der Waals surface area (Å²) in [5, 5.41) is 2.96. The quantitative estimate of drug-likeness (QED) is 0.584. The van der Waals surface area contributed by atoms with E-state index in [1.54, 1.807) is 0 Å². The van der Waals surface area contributed by atoms with Crippen LogP contribution >= 0.6 is 0 Å². The SMILES string of the molecule is CCCCNC(=O)C(C)N(C)Cc1ccc(N)cc1. The van der Waals surface area contributed by atoms with Crippen molar-refractivity contribution in [2.75, 3.05) is 19.3 Å². The topological polar surface area (TPSA) is 58.4 Å². The van der Waals surface area contributed by atoms with Gasteiger partial charge in [0.2, 0.25) is 5.91 Å². The minimum atomic E-state index is -0.130. The van der Waals surface area contributed by atoms with Crippen LogP contribution in [-0.4, -0.2) is 30.4 Å². The van der Waals surface area contributed by atoms with E-state index in [0.29, 0.717) is 0 Å². The number of nitrogens with one attached hydrogen (secondary N) is 1. The molecule has 3 N–H and O–H groups in total. The molecule has 4 nitrogen and oxygen atoms in total. The number of carbonyl (C=O) groups excluding carboxylic acids is 1. The zero-order valence-electron chi connectivity index (χ0n) is 12.1. The third-order valence-electron chi connectivity index (χ3n) is 3.28. The Kier molecular flexibility index (Phi) is 6.36. The molecule has 1 unspecified atom stereocenters. The Morgan fingerprint density at radius 1 is 1.37 bits per heavy atom. The van der Waals surface area contributed by atoms with E-state index in [1.165, 1.54) is 0 Å². The van der Waals surface area contributed by atoms with Crippen molar-refractivity contribution in [3.05, 3.63) is 29.8 Å². The molecule has 1 aromatic rings. The van der Waals surface area contributed by atoms with Crippen LogP contribution in [0.2, 0.25) is 0 Å². The lowest BCUT2D eigenvalue weighted by molar-refractivity contribution is -0.125. The zero-order valence-corrected chi connectivity index (χ0v) is 12.1. The molecule has 0 aliphatic rings. The minimum absolute atomic E-state index is 0.0893. The molecular formula is C15H25N3O. The molecule has 0 spiro atoms. The van der Waals surface area contributed by atoms with Crippen molar-refractivity contribution in [2.45, 2.75) is 39.3 Å². The van der Waals surface area contributed by atoms with Gasteiger partial charge in [0.15, 0.2) is 0 Å². The lowest BCUT2D eigenvalue weighted by Crippen LogP contribution is -2.43. The third kappa shape index (κ3) is 5.30. The second-order valence-electron chi connectivity index (χ2n) is 4.98. The highest BCUT2D eigenvalue weighted by molar-refractivity contribution is 5.81. The Bertz CT molecular complexity index is 389. The van der Waals surface area contributed by atoms with E-state index in [9.17, 15) is 4.79 Å². The number of unbranched alkanes of at least 4 members (excludes halogenated alkanes) is 1. The first-order chi connectivity index (χ1) is 9.04. The van der Waals surface area contributed by atoms with E-state index >= 15 is 0 Å². The molecule has 0 bridgehead atoms. The second kappa shape index (κ2) is 7.79. The molecule has 0 radical (unpaired) electrons. The smallest absolute Gasteiger partial charge is 0.237 e. The Balaban J connectivity index is 2.45. The Morgan fingerprint density at radius 2 is 2.00 bits per heavy atom. The van der Waals surface area contributed by atoms with E-state index < -0.39 is 0 Å². The van der Waals surface area contributed by atoms with Crippen molar-refractivity contribution in [1.82, 2.24) is 10.2 Å². The number of nitrogens with zero attached hydrogens (tertiary/aromatic N) is 1. The number of carbonyl (C=O) groups is 1. The largest absolute Gasteiger partial charge is 0.399 e. The van der Waals surface area contributed by atoms with Gasteiger partial charge >= 0.3 is 0 Å². The molecule has 1 aromatic carbocycles. The molecule has 4 heteroatoms. The molecule has 0 heterocycles. The summed E-state index contributed by atoms with van der Waals surface area (Å²) in [5.74, 6) is 0.0893. The number of hydrogen-bond donors (Lipinski definition) is 2. The summed E-state index contributed by atoms with van der Waals surface area (Å²) >= 11 is 0. The summed E-state index contributed by atoms with van der Waals surface area (Å²) < 4.78 is 0. The van der Waals surface area contributed by atoms with Crippen LogP contribution in [0.5, 0.6) is 0 Å². The van der Waals surface area contributed by atoms with Gasteiger partial charge in [-0.1, -0.05) is 25.5 Å². The van der Waals surface area contributed by atoms with Gasteiger partial charge in [-0.2, -0.15) is 0 Å². The van der Waals surface area contributed by atoms with Gasteiger partial charge in [0, 0.05) is 18.8 Å². The van der Waals surface area contributed by atoms with Crippen molar-refractivity contribution in [1.29, 1.82) is 0 Å². The second-order valence-corrected chi connectivity index (χ2v) is 4.98. The normalized spacial score (nSPS) is 12.4. The lowest BCUT2D eigenvalue weighted by atomic mass is 10.1. The Morgan fingerprint density at radius 3 is 2.58 bits per heavy atom. The van der Waals surface area contributed by atoms with Crippen LogP contribution < -0.4 is 11.1 Å². The van der Waals surface area contributed by atoms with Gasteiger partial charge in [-0.3, -0.25) is 9.69 Å². The number of nitrogen functional groups attached to an aromatic ring is 1. The van der Waals surface area contributed by atoms with E-state index in [2.05, 4.69) is 12.2 Å². The standard InChI is InChI=1S/C15H25N3O/c1-4-5-10-17-15(19)12(2)18(3)11-13-6-8-14(16)9-7-13/h6-9,12H,4-5,10-11,16H2,1-3H3,(H,17,19). The van der Waals surface area contributed by atoms with Crippen molar-refractivity contribution in [3.63, 3.8) is 0 Å². The monoisotopic (exact) mass is 263 g/mol. The number of benzene rings is 1. The van der Waals surface area contributed by atoms with Crippen LogP contribution in [0.3, 0.4) is 0 Å². The molecule has 1 amide bonds. The number of anilines is 1. The molecule has 0 saturated heterocycles. The molecule has 0 aromatic heterocycles. The van der Waals surface area contributed by atoms with Crippen molar-refractivity contribution in [2.24, 2.45) is 0 Å². The van der Waals surface area contributed by atoms with E-state index in [1.807, 2.05) is 43.1 Å². The number of hydrogen-bond acceptors (Lipinski definition) is 3. The summed E-state index contributed by atoms with van der Waals surface area (Å²) in [6.07, 6.45) is 2.12. The summed E-state index contributed by atoms with van der Waals surface area (Å²) in [5.41, 5.74) is 7.57. The van der Waals surface area contributed by atoms with Crippen molar-refractivity contribution < 1.29 is 4.79 Å². The van der Waals surface area contributed by atoms with Gasteiger partial charge in [-0.05, 0) is 38.1 Å². The number of likely N-dealkylation sites (N-methyl/N-ethyl adjacent to an activating group) is 1. The average molecular weight is 263 g/mol. The number of amides is 1. The van der Waals surface area contributed by atoms with Gasteiger partial charge in [-0.25, -0.2) is 0 Å². The molecule has 1 atom stereocenters. The molecule has 0 aliphatic heterocycles. The molecule has 0 saturated carbocycles. The maximum Gasteiger partial charge on any atom is 0.237 e. The Hall–Kier alpha value is -1.55. The molecule has 19 heavy (non-hydrogen) atoms. The first-order valence-electron chi connectivity index (χ1n) is 6.87. The molecule has 0 aliphatic carbocycles. The highest BCUT2D eigenvalue weighted by Crippen LogP contribution is 2.09. The highest BCUT2D eigenvalue weighted by atomic mass is 16.2. The van der Waals surface area contributed by atoms with E-state index in [-0.39, 0.29) is 11.9 Å². The fourth-order valence-electron chi connectivity index (χ4n) is 1.78. The predicted molar refractivity (Wildman–Crippen MR) is 79.7 cm³/mol. The van der Waals surface area contributed by atoms with Crippen molar-refractivity contribution >= 4 is 11.6 Å². The van der Waals surface area contributed by atoms with Gasteiger partial charge in [0.05, 0.1) is 6.04 Å². The van der Waals surface area contributed by atoms with Crippen LogP contribution in [0.1, 0.15) is 32.3 Å². The number of rotatable bonds is 7. The van der Waals surface area contributed by atoms with Crippen LogP contribution in [0.25, 0.3) is 0 Å². The molecule has 0 fully saturated rings. The number of nitrogens with two attached hydrogens (primary N) is 1. The summed E-state index contributed by atoms with van der Waals surface area (Å²) in [6, 6.07) is 7.63. The summed E-state index contributed by atoms with van der Waals surface area (Å²) in [6.45, 7) is 5.54. The molecular weight excluding hydrogens is 238 g/mol. The Labute approximate surface area is 116 Å².